The number of hydrogen-bond acceptors (Lipinski definition) is 6. The molecule has 0 spiro atoms. The minimum absolute atomic E-state index is 0.0337. The third kappa shape index (κ3) is 2.58. The van der Waals surface area contributed by atoms with Gasteiger partial charge in [0.2, 0.25) is 0 Å². The highest BCUT2D eigenvalue weighted by molar-refractivity contribution is 7.05. The summed E-state index contributed by atoms with van der Waals surface area (Å²) in [7, 11) is 0. The van der Waals surface area contributed by atoms with Crippen LogP contribution in [0, 0.1) is 13.8 Å². The molecule has 0 aliphatic heterocycles. The Morgan fingerprint density at radius 1 is 1.50 bits per heavy atom. The molecular weight excluding hydrogens is 248 g/mol. The van der Waals surface area contributed by atoms with Gasteiger partial charge in [-0.1, -0.05) is 4.49 Å². The lowest BCUT2D eigenvalue weighted by molar-refractivity contribution is 0.520. The number of nitrogens with zero attached hydrogens (tertiary/aromatic N) is 4. The highest BCUT2D eigenvalue weighted by atomic mass is 32.1. The molecule has 0 amide bonds. The molecular formula is C11H18N6S. The zero-order valence-electron chi connectivity index (χ0n) is 10.8. The van der Waals surface area contributed by atoms with Crippen LogP contribution in [0.25, 0.3) is 0 Å². The van der Waals surface area contributed by atoms with Gasteiger partial charge in [-0.3, -0.25) is 16.0 Å². The second-order valence-electron chi connectivity index (χ2n) is 4.24. The van der Waals surface area contributed by atoms with Crippen LogP contribution < -0.4 is 11.3 Å². The highest BCUT2D eigenvalue weighted by Crippen LogP contribution is 2.23. The first-order chi connectivity index (χ1) is 8.65. The van der Waals surface area contributed by atoms with E-state index in [0.29, 0.717) is 0 Å². The average molecular weight is 266 g/mol. The Labute approximate surface area is 110 Å². The van der Waals surface area contributed by atoms with Gasteiger partial charge in [0.1, 0.15) is 0 Å². The lowest BCUT2D eigenvalue weighted by Crippen LogP contribution is -2.30. The fourth-order valence-electron chi connectivity index (χ4n) is 2.03. The van der Waals surface area contributed by atoms with Crippen LogP contribution in [0.4, 0.5) is 0 Å². The SMILES string of the molecule is CCn1nc(C)cc1CC(NN)c1snnc1C. The van der Waals surface area contributed by atoms with E-state index >= 15 is 0 Å². The molecule has 0 aliphatic carbocycles. The zero-order valence-corrected chi connectivity index (χ0v) is 11.7. The molecule has 7 heteroatoms. The van der Waals surface area contributed by atoms with Gasteiger partial charge in [0.15, 0.2) is 0 Å². The number of aromatic nitrogens is 4. The molecule has 2 rings (SSSR count). The third-order valence-electron chi connectivity index (χ3n) is 2.90. The molecule has 1 atom stereocenters. The summed E-state index contributed by atoms with van der Waals surface area (Å²) in [5.74, 6) is 5.65. The number of nitrogens with one attached hydrogen (secondary N) is 1. The Hall–Kier alpha value is -1.31. The normalized spacial score (nSPS) is 12.9. The monoisotopic (exact) mass is 266 g/mol. The Morgan fingerprint density at radius 3 is 2.83 bits per heavy atom. The Balaban J connectivity index is 2.23. The maximum atomic E-state index is 5.65. The maximum Gasteiger partial charge on any atom is 0.0773 e. The lowest BCUT2D eigenvalue weighted by Gasteiger charge is -2.14. The van der Waals surface area contributed by atoms with Crippen molar-refractivity contribution in [2.45, 2.75) is 39.8 Å². The van der Waals surface area contributed by atoms with Crippen molar-refractivity contribution in [3.8, 4) is 0 Å². The molecule has 0 saturated heterocycles. The van der Waals surface area contributed by atoms with Crippen molar-refractivity contribution in [1.29, 1.82) is 0 Å². The number of aryl methyl sites for hydroxylation is 3. The first-order valence-corrected chi connectivity index (χ1v) is 6.71. The second kappa shape index (κ2) is 5.55. The van der Waals surface area contributed by atoms with Gasteiger partial charge in [-0.05, 0) is 38.4 Å². The van der Waals surface area contributed by atoms with Gasteiger partial charge in [0.05, 0.1) is 22.3 Å². The van der Waals surface area contributed by atoms with Crippen molar-refractivity contribution in [1.82, 2.24) is 24.8 Å². The first-order valence-electron chi connectivity index (χ1n) is 5.94. The second-order valence-corrected chi connectivity index (χ2v) is 5.02. The van der Waals surface area contributed by atoms with E-state index in [1.165, 1.54) is 17.2 Å². The van der Waals surface area contributed by atoms with Crippen LogP contribution in [0.1, 0.15) is 34.9 Å². The van der Waals surface area contributed by atoms with Gasteiger partial charge >= 0.3 is 0 Å². The molecule has 2 aromatic heterocycles. The van der Waals surface area contributed by atoms with Crippen LogP contribution in [0.5, 0.6) is 0 Å². The van der Waals surface area contributed by atoms with E-state index < -0.39 is 0 Å². The molecule has 2 aromatic rings. The van der Waals surface area contributed by atoms with Crippen molar-refractivity contribution in [2.75, 3.05) is 0 Å². The summed E-state index contributed by atoms with van der Waals surface area (Å²) in [6, 6.07) is 2.13. The summed E-state index contributed by atoms with van der Waals surface area (Å²) in [5, 5.41) is 8.47. The van der Waals surface area contributed by atoms with Crippen molar-refractivity contribution in [2.24, 2.45) is 5.84 Å². The molecule has 18 heavy (non-hydrogen) atoms. The summed E-state index contributed by atoms with van der Waals surface area (Å²) in [6.45, 7) is 6.90. The molecule has 0 bridgehead atoms. The zero-order chi connectivity index (χ0) is 13.1. The van der Waals surface area contributed by atoms with E-state index in [1.54, 1.807) is 0 Å². The molecule has 6 nitrogen and oxygen atoms in total. The van der Waals surface area contributed by atoms with Crippen molar-refractivity contribution < 1.29 is 0 Å². The molecule has 98 valence electrons. The molecule has 0 aliphatic rings. The van der Waals surface area contributed by atoms with E-state index in [1.807, 2.05) is 18.5 Å². The van der Waals surface area contributed by atoms with E-state index in [4.69, 9.17) is 5.84 Å². The summed E-state index contributed by atoms with van der Waals surface area (Å²) < 4.78 is 5.96. The molecule has 3 N–H and O–H groups in total. The Morgan fingerprint density at radius 2 is 2.28 bits per heavy atom. The number of hydrogen-bond donors (Lipinski definition) is 2. The van der Waals surface area contributed by atoms with Crippen LogP contribution in [0.2, 0.25) is 0 Å². The Kier molecular flexibility index (Phi) is 4.05. The molecule has 0 aromatic carbocycles. The lowest BCUT2D eigenvalue weighted by atomic mass is 10.1. The fraction of sp³-hybridized carbons (Fsp3) is 0.545. The van der Waals surface area contributed by atoms with E-state index in [9.17, 15) is 0 Å². The van der Waals surface area contributed by atoms with Crippen LogP contribution in [-0.4, -0.2) is 19.4 Å². The van der Waals surface area contributed by atoms with Crippen LogP contribution in [0.3, 0.4) is 0 Å². The number of rotatable bonds is 5. The molecule has 0 saturated carbocycles. The predicted octanol–water partition coefficient (Wildman–Crippen LogP) is 1.12. The van der Waals surface area contributed by atoms with Crippen LogP contribution in [0.15, 0.2) is 6.07 Å². The Bertz CT molecular complexity index is 517. The summed E-state index contributed by atoms with van der Waals surface area (Å²) >= 11 is 1.39. The summed E-state index contributed by atoms with van der Waals surface area (Å²) in [5.41, 5.74) is 5.98. The van der Waals surface area contributed by atoms with E-state index in [0.717, 1.165) is 29.2 Å². The smallest absolute Gasteiger partial charge is 0.0773 e. The molecule has 0 fully saturated rings. The van der Waals surface area contributed by atoms with Crippen LogP contribution in [-0.2, 0) is 13.0 Å². The largest absolute Gasteiger partial charge is 0.271 e. The summed E-state index contributed by atoms with van der Waals surface area (Å²) in [4.78, 5) is 1.08. The molecule has 1 unspecified atom stereocenters. The van der Waals surface area contributed by atoms with Gasteiger partial charge in [-0.25, -0.2) is 0 Å². The predicted molar refractivity (Wildman–Crippen MR) is 71.1 cm³/mol. The quantitative estimate of drug-likeness (QED) is 0.626. The van der Waals surface area contributed by atoms with Crippen LogP contribution >= 0.6 is 11.5 Å². The van der Waals surface area contributed by atoms with Gasteiger partial charge in [0.25, 0.3) is 0 Å². The van der Waals surface area contributed by atoms with Crippen molar-refractivity contribution in [3.63, 3.8) is 0 Å². The topological polar surface area (TPSA) is 81.7 Å². The van der Waals surface area contributed by atoms with Crippen molar-refractivity contribution in [3.05, 3.63) is 28.0 Å². The number of nitrogens with two attached hydrogens (primary N) is 1. The maximum absolute atomic E-state index is 5.65. The van der Waals surface area contributed by atoms with Gasteiger partial charge in [-0.15, -0.1) is 5.10 Å². The molecule has 0 radical (unpaired) electrons. The minimum Gasteiger partial charge on any atom is -0.271 e. The standard InChI is InChI=1S/C11H18N6S/c1-4-17-9(5-7(2)15-17)6-10(13-12)11-8(3)14-16-18-11/h5,10,13H,4,6,12H2,1-3H3. The van der Waals surface area contributed by atoms with E-state index in [-0.39, 0.29) is 6.04 Å². The fourth-order valence-corrected chi connectivity index (χ4v) is 2.73. The van der Waals surface area contributed by atoms with Gasteiger partial charge in [-0.2, -0.15) is 5.10 Å². The van der Waals surface area contributed by atoms with Gasteiger partial charge < -0.3 is 0 Å². The van der Waals surface area contributed by atoms with E-state index in [2.05, 4.69) is 33.1 Å². The first kappa shape index (κ1) is 13.1. The highest BCUT2D eigenvalue weighted by Gasteiger charge is 2.18. The minimum atomic E-state index is 0.0337. The number of hydrazine groups is 1. The van der Waals surface area contributed by atoms with Gasteiger partial charge in [0, 0.05) is 18.7 Å². The van der Waals surface area contributed by atoms with Crippen molar-refractivity contribution >= 4 is 11.5 Å². The third-order valence-corrected chi connectivity index (χ3v) is 3.84. The average Bonchev–Trinajstić information content (AvgIpc) is 2.92. The molecule has 2 heterocycles. The summed E-state index contributed by atoms with van der Waals surface area (Å²) in [6.07, 6.45) is 0.788.